The van der Waals surface area contributed by atoms with Gasteiger partial charge in [-0.05, 0) is 0 Å². The minimum Gasteiger partial charge on any atom is -0.147 e. The van der Waals surface area contributed by atoms with Crippen molar-refractivity contribution in [3.63, 3.8) is 0 Å². The molecule has 2 aliphatic rings. The zero-order chi connectivity index (χ0) is 16.6. The molecule has 0 spiro atoms. The van der Waals surface area contributed by atoms with E-state index in [2.05, 4.69) is 88.1 Å². The average Bonchev–Trinajstić information content (AvgIpc) is 2.93. The first kappa shape index (κ1) is 22.4. The smallest absolute Gasteiger partial charge is 0.147 e. The van der Waals surface area contributed by atoms with Crippen molar-refractivity contribution < 1.29 is 11.3 Å². The molecule has 3 rings (SSSR count). The Kier molecular flexibility index (Phi) is 3.96. The molecule has 1 aromatic rings. The van der Waals surface area contributed by atoms with Crippen LogP contribution in [-0.4, -0.2) is 13.9 Å². The van der Waals surface area contributed by atoms with E-state index in [0.29, 0.717) is 3.67 Å². The van der Waals surface area contributed by atoms with Crippen LogP contribution in [0.1, 0.15) is 28.1 Å². The van der Waals surface area contributed by atoms with Gasteiger partial charge in [-0.25, -0.2) is 0 Å². The molecule has 0 saturated carbocycles. The summed E-state index contributed by atoms with van der Waals surface area (Å²) in [5, 5.41) is 0. The Morgan fingerprint density at radius 3 is 2.12 bits per heavy atom. The maximum atomic E-state index is 2.67. The molecular formula is C19H32Cl2HfSi2. The molecule has 0 aromatic heterocycles. The molecule has 0 nitrogen and oxygen atoms in total. The van der Waals surface area contributed by atoms with E-state index in [4.69, 9.17) is 0 Å². The first-order chi connectivity index (χ1) is 9.54. The third-order valence-corrected chi connectivity index (χ3v) is 51.3. The summed E-state index contributed by atoms with van der Waals surface area (Å²) in [5.74, 6) is 0. The molecular weight excluding hydrogens is 534 g/mol. The zero-order valence-corrected chi connectivity index (χ0v) is 23.7. The van der Waals surface area contributed by atoms with Crippen LogP contribution in [0.5, 0.6) is 0 Å². The van der Waals surface area contributed by atoms with Gasteiger partial charge in [0.25, 0.3) is 0 Å². The average molecular weight is 566 g/mol. The number of halogens is 2. The van der Waals surface area contributed by atoms with Crippen molar-refractivity contribution in [2.45, 2.75) is 35.7 Å². The Morgan fingerprint density at radius 2 is 1.58 bits per heavy atom. The Hall–Kier alpha value is 0.324. The number of hydrogen-bond acceptors (Lipinski definition) is 0. The van der Waals surface area contributed by atoms with Gasteiger partial charge in [0.15, 0.2) is 0 Å². The fraction of sp³-hybridized carbons (Fsp3) is 0.368. The van der Waals surface area contributed by atoms with Crippen molar-refractivity contribution in [3.8, 4) is 0 Å². The van der Waals surface area contributed by atoms with Gasteiger partial charge in [0, 0.05) is 0 Å². The molecule has 0 saturated heterocycles. The Morgan fingerprint density at radius 1 is 1.00 bits per heavy atom. The Balaban J connectivity index is 0.00000144. The molecule has 0 radical (unpaired) electrons. The van der Waals surface area contributed by atoms with Crippen LogP contribution in [0.2, 0.25) is 18.7 Å². The van der Waals surface area contributed by atoms with Gasteiger partial charge in [-0.15, -0.1) is 24.8 Å². The summed E-state index contributed by atoms with van der Waals surface area (Å²) in [6.45, 7) is 6.99. The van der Waals surface area contributed by atoms with Crippen LogP contribution in [0.15, 0.2) is 51.4 Å². The molecule has 1 unspecified atom stereocenters. The minimum absolute atomic E-state index is 0. The molecule has 1 aromatic carbocycles. The van der Waals surface area contributed by atoms with Crippen molar-refractivity contribution in [2.24, 2.45) is 0 Å². The first-order valence-electron chi connectivity index (χ1n) is 8.44. The molecule has 5 heteroatoms. The maximum absolute atomic E-state index is 4.66. The summed E-state index contributed by atoms with van der Waals surface area (Å²) in [6.07, 6.45) is 10.9. The SMILES string of the molecule is CC1=CC[C]([Hf]([CH3])([CH3])([CH3])([CH3])(=[SiH2])(=[SiH2])[CH]2C=Cc3ccccc32)=C1.Cl.Cl. The summed E-state index contributed by atoms with van der Waals surface area (Å²) in [7, 11) is 0. The topological polar surface area (TPSA) is 0 Å². The molecule has 24 heavy (non-hydrogen) atoms. The molecule has 2 aliphatic carbocycles. The van der Waals surface area contributed by atoms with Crippen molar-refractivity contribution >= 4 is 44.8 Å². The van der Waals surface area contributed by atoms with E-state index in [1.807, 2.05) is 0 Å². The zero-order valence-electron chi connectivity index (χ0n) is 15.6. The van der Waals surface area contributed by atoms with E-state index in [9.17, 15) is 0 Å². The van der Waals surface area contributed by atoms with Gasteiger partial charge < -0.3 is 0 Å². The fourth-order valence-electron chi connectivity index (χ4n) is 4.65. The standard InChI is InChI=1S/C9H7.C6H7.4CH3.2ClH.Hf.2H2Si/c1-2-5-9-7-3-6-8(9)4-1;1-6-4-2-3-5-6;;;;;;;;;/h1-7H;4-5H,2H2,1H3;4*1H3;2*1H;;2*1H2. The molecule has 0 fully saturated rings. The predicted octanol–water partition coefficient (Wildman–Crippen LogP) is 5.42. The quantitative estimate of drug-likeness (QED) is 0.420. The van der Waals surface area contributed by atoms with Gasteiger partial charge in [0.2, 0.25) is 0 Å². The number of rotatable bonds is 2. The van der Waals surface area contributed by atoms with E-state index in [0.717, 1.165) is 6.42 Å². The summed E-state index contributed by atoms with van der Waals surface area (Å²) in [6, 6.07) is 8.98. The predicted molar refractivity (Wildman–Crippen MR) is 120 cm³/mol. The summed E-state index contributed by atoms with van der Waals surface area (Å²) in [4.78, 5) is 0. The summed E-state index contributed by atoms with van der Waals surface area (Å²) < 4.78 is 12.9. The van der Waals surface area contributed by atoms with Crippen molar-refractivity contribution in [1.29, 1.82) is 0 Å². The largest absolute Gasteiger partial charge is 0.147 e. The van der Waals surface area contributed by atoms with Crippen molar-refractivity contribution in [1.82, 2.24) is 0 Å². The molecule has 1 atom stereocenters. The normalized spacial score (nSPS) is 25.5. The number of allylic oxidation sites excluding steroid dienone is 5. The number of benzene rings is 1. The molecule has 134 valence electrons. The van der Waals surface area contributed by atoms with Crippen LogP contribution in [-0.2, 0) is 11.3 Å². The van der Waals surface area contributed by atoms with Crippen LogP contribution in [0.4, 0.5) is 0 Å². The summed E-state index contributed by atoms with van der Waals surface area (Å²) >= 11 is -4.66. The maximum Gasteiger partial charge on any atom is -0.147 e. The molecule has 0 heterocycles. The first-order valence-corrected chi connectivity index (χ1v) is 43.3. The van der Waals surface area contributed by atoms with Crippen LogP contribution < -0.4 is 0 Å². The third kappa shape index (κ3) is 3.09. The molecule has 0 aliphatic heterocycles. The fourth-order valence-corrected chi connectivity index (χ4v) is 36.6. The second kappa shape index (κ2) is 4.25. The van der Waals surface area contributed by atoms with Gasteiger partial charge in [0.05, 0.1) is 0 Å². The molecule has 0 N–H and O–H groups in total. The van der Waals surface area contributed by atoms with Crippen LogP contribution in [0, 0.1) is 0 Å². The van der Waals surface area contributed by atoms with Gasteiger partial charge in [0.1, 0.15) is 0 Å². The van der Waals surface area contributed by atoms with Crippen molar-refractivity contribution in [3.05, 3.63) is 62.5 Å². The van der Waals surface area contributed by atoms with E-state index in [1.165, 1.54) is 16.7 Å². The molecule has 0 amide bonds. The van der Waals surface area contributed by atoms with Crippen molar-refractivity contribution in [2.75, 3.05) is 0 Å². The third-order valence-electron chi connectivity index (χ3n) is 6.61. The number of hydrogen-bond donors (Lipinski definition) is 0. The van der Waals surface area contributed by atoms with E-state index in [-0.39, 0.29) is 24.8 Å². The Bertz CT molecular complexity index is 1070. The van der Waals surface area contributed by atoms with Gasteiger partial charge >= 0.3 is 130 Å². The van der Waals surface area contributed by atoms with Crippen LogP contribution in [0.3, 0.4) is 0 Å². The second-order valence-electron chi connectivity index (χ2n) is 13.4. The Labute approximate surface area is 153 Å². The summed E-state index contributed by atoms with van der Waals surface area (Å²) in [5.41, 5.74) is 4.37. The van der Waals surface area contributed by atoms with Gasteiger partial charge in [-0.1, -0.05) is 0 Å². The van der Waals surface area contributed by atoms with Gasteiger partial charge in [-0.2, -0.15) is 0 Å². The minimum atomic E-state index is -4.66. The second-order valence-corrected chi connectivity index (χ2v) is 159. The monoisotopic (exact) mass is 566 g/mol. The van der Waals surface area contributed by atoms with E-state index >= 15 is 0 Å². The number of fused-ring (bicyclic) bond motifs is 1. The molecule has 0 bridgehead atoms. The van der Waals surface area contributed by atoms with E-state index in [1.54, 1.807) is 3.33 Å². The van der Waals surface area contributed by atoms with E-state index < -0.39 is 11.3 Å². The van der Waals surface area contributed by atoms with Gasteiger partial charge in [-0.3, -0.25) is 0 Å². The van der Waals surface area contributed by atoms with Crippen LogP contribution in [0.25, 0.3) is 6.08 Å². The van der Waals surface area contributed by atoms with Crippen LogP contribution >= 0.6 is 24.8 Å².